The van der Waals surface area contributed by atoms with E-state index in [-0.39, 0.29) is 6.61 Å². The number of aliphatic hydroxyl groups is 1. The number of aliphatic hydroxyl groups excluding tert-OH is 1. The molecule has 0 atom stereocenters. The maximum absolute atomic E-state index is 8.32. The van der Waals surface area contributed by atoms with Crippen molar-refractivity contribution < 1.29 is 9.84 Å². The molecule has 0 spiro atoms. The summed E-state index contributed by atoms with van der Waals surface area (Å²) in [5.41, 5.74) is 0. The van der Waals surface area contributed by atoms with Crippen molar-refractivity contribution in [1.29, 1.82) is 0 Å². The second kappa shape index (κ2) is 6.99. The van der Waals surface area contributed by atoms with Crippen LogP contribution in [0.15, 0.2) is 0 Å². The van der Waals surface area contributed by atoms with Crippen LogP contribution in [-0.4, -0.2) is 31.6 Å². The van der Waals surface area contributed by atoms with Gasteiger partial charge in [-0.2, -0.15) is 0 Å². The van der Waals surface area contributed by atoms with Crippen LogP contribution in [0, 0.1) is 5.92 Å². The van der Waals surface area contributed by atoms with Crippen molar-refractivity contribution in [2.75, 3.05) is 26.5 Å². The van der Waals surface area contributed by atoms with Gasteiger partial charge in [-0.1, -0.05) is 13.8 Å². The fraction of sp³-hybridized carbons (Fsp3) is 1.00. The summed E-state index contributed by atoms with van der Waals surface area (Å²) >= 11 is 0. The Hall–Kier alpha value is -0.120. The lowest BCUT2D eigenvalue weighted by Crippen LogP contribution is -2.23. The summed E-state index contributed by atoms with van der Waals surface area (Å²) in [6.45, 7) is 6.30. The third-order valence-electron chi connectivity index (χ3n) is 0.992. The summed E-state index contributed by atoms with van der Waals surface area (Å²) in [4.78, 5) is 0. The first-order chi connectivity index (χ1) is 4.77. The van der Waals surface area contributed by atoms with Crippen molar-refractivity contribution in [2.24, 2.45) is 5.92 Å². The molecule has 0 heterocycles. The van der Waals surface area contributed by atoms with E-state index in [4.69, 9.17) is 9.84 Å². The van der Waals surface area contributed by atoms with Gasteiger partial charge in [0.2, 0.25) is 0 Å². The van der Waals surface area contributed by atoms with E-state index in [2.05, 4.69) is 19.2 Å². The Kier molecular flexibility index (Phi) is 6.91. The third kappa shape index (κ3) is 7.88. The smallest absolute Gasteiger partial charge is 0.0966 e. The first-order valence-electron chi connectivity index (χ1n) is 3.66. The summed E-state index contributed by atoms with van der Waals surface area (Å²) in [6, 6.07) is 0. The average Bonchev–Trinajstić information content (AvgIpc) is 1.87. The van der Waals surface area contributed by atoms with Crippen LogP contribution in [-0.2, 0) is 4.74 Å². The fourth-order valence-corrected chi connectivity index (χ4v) is 0.556. The Balaban J connectivity index is 2.77. The van der Waals surface area contributed by atoms with Gasteiger partial charge in [0, 0.05) is 0 Å². The van der Waals surface area contributed by atoms with Gasteiger partial charge < -0.3 is 9.84 Å². The lowest BCUT2D eigenvalue weighted by atomic mass is 10.2. The molecule has 0 aromatic carbocycles. The van der Waals surface area contributed by atoms with Gasteiger partial charge in [-0.15, -0.1) is 0 Å². The Labute approximate surface area is 62.4 Å². The lowest BCUT2D eigenvalue weighted by molar-refractivity contribution is 0.0785. The maximum atomic E-state index is 8.32. The molecule has 0 amide bonds. The molecule has 0 saturated heterocycles. The van der Waals surface area contributed by atoms with Crippen LogP contribution in [0.5, 0.6) is 0 Å². The minimum Gasteiger partial charge on any atom is -0.394 e. The Morgan fingerprint density at radius 3 is 2.70 bits per heavy atom. The van der Waals surface area contributed by atoms with Crippen molar-refractivity contribution in [1.82, 2.24) is 5.32 Å². The molecule has 62 valence electrons. The first kappa shape index (κ1) is 9.88. The van der Waals surface area contributed by atoms with E-state index in [9.17, 15) is 0 Å². The van der Waals surface area contributed by atoms with Gasteiger partial charge in [-0.3, -0.25) is 5.32 Å². The van der Waals surface area contributed by atoms with Crippen LogP contribution < -0.4 is 5.32 Å². The quantitative estimate of drug-likeness (QED) is 0.416. The summed E-state index contributed by atoms with van der Waals surface area (Å²) in [7, 11) is 0. The van der Waals surface area contributed by atoms with E-state index >= 15 is 0 Å². The second-order valence-corrected chi connectivity index (χ2v) is 2.62. The minimum absolute atomic E-state index is 0.101. The minimum atomic E-state index is 0.101. The van der Waals surface area contributed by atoms with Crippen molar-refractivity contribution in [3.05, 3.63) is 0 Å². The second-order valence-electron chi connectivity index (χ2n) is 2.62. The van der Waals surface area contributed by atoms with Crippen LogP contribution >= 0.6 is 0 Å². The monoisotopic (exact) mass is 147 g/mol. The van der Waals surface area contributed by atoms with E-state index < -0.39 is 0 Å². The largest absolute Gasteiger partial charge is 0.394 e. The van der Waals surface area contributed by atoms with Gasteiger partial charge in [-0.25, -0.2) is 0 Å². The predicted molar refractivity (Wildman–Crippen MR) is 40.7 cm³/mol. The summed E-state index contributed by atoms with van der Waals surface area (Å²) in [6.07, 6.45) is 0. The van der Waals surface area contributed by atoms with E-state index in [1.54, 1.807) is 0 Å². The number of rotatable bonds is 6. The Bertz CT molecular complexity index is 66.6. The van der Waals surface area contributed by atoms with Gasteiger partial charge in [0.1, 0.15) is 0 Å². The molecular formula is C7H17NO2. The molecule has 10 heavy (non-hydrogen) atoms. The zero-order valence-electron chi connectivity index (χ0n) is 6.76. The molecule has 0 aliphatic rings. The summed E-state index contributed by atoms with van der Waals surface area (Å²) < 4.78 is 4.97. The molecule has 0 fully saturated rings. The number of hydrogen-bond donors (Lipinski definition) is 2. The van der Waals surface area contributed by atoms with E-state index in [0.717, 1.165) is 6.54 Å². The Morgan fingerprint density at radius 2 is 2.20 bits per heavy atom. The van der Waals surface area contributed by atoms with Gasteiger partial charge in [-0.05, 0) is 12.5 Å². The predicted octanol–water partition coefficient (Wildman–Crippen LogP) is 0.198. The van der Waals surface area contributed by atoms with E-state index in [1.807, 2.05) is 0 Å². The van der Waals surface area contributed by atoms with Crippen molar-refractivity contribution in [2.45, 2.75) is 13.8 Å². The molecule has 0 bridgehead atoms. The molecule has 0 radical (unpaired) electrons. The number of hydrogen-bond acceptors (Lipinski definition) is 3. The molecule has 0 aromatic rings. The zero-order valence-corrected chi connectivity index (χ0v) is 6.76. The summed E-state index contributed by atoms with van der Waals surface area (Å²) in [5.74, 6) is 0.651. The van der Waals surface area contributed by atoms with Crippen LogP contribution in [0.3, 0.4) is 0 Å². The third-order valence-corrected chi connectivity index (χ3v) is 0.992. The number of nitrogens with one attached hydrogen (secondary N) is 1. The zero-order chi connectivity index (χ0) is 7.82. The van der Waals surface area contributed by atoms with Gasteiger partial charge in [0.05, 0.1) is 19.9 Å². The van der Waals surface area contributed by atoms with E-state index in [0.29, 0.717) is 19.3 Å². The highest BCUT2D eigenvalue weighted by atomic mass is 16.5. The van der Waals surface area contributed by atoms with Crippen molar-refractivity contribution in [3.63, 3.8) is 0 Å². The topological polar surface area (TPSA) is 41.5 Å². The molecule has 0 rings (SSSR count). The van der Waals surface area contributed by atoms with Gasteiger partial charge in [0.15, 0.2) is 0 Å². The molecule has 0 aliphatic heterocycles. The average molecular weight is 147 g/mol. The highest BCUT2D eigenvalue weighted by Crippen LogP contribution is 1.85. The molecular weight excluding hydrogens is 130 g/mol. The van der Waals surface area contributed by atoms with Crippen LogP contribution in [0.2, 0.25) is 0 Å². The molecule has 0 saturated carbocycles. The highest BCUT2D eigenvalue weighted by Gasteiger charge is 1.90. The standard InChI is InChI=1S/C7H17NO2/c1-7(2)5-8-6-10-4-3-9/h7-9H,3-6H2,1-2H3. The normalized spacial score (nSPS) is 10.8. The highest BCUT2D eigenvalue weighted by molar-refractivity contribution is 4.45. The molecule has 0 aliphatic carbocycles. The molecule has 3 heteroatoms. The molecule has 2 N–H and O–H groups in total. The van der Waals surface area contributed by atoms with Crippen molar-refractivity contribution in [3.8, 4) is 0 Å². The van der Waals surface area contributed by atoms with Gasteiger partial charge in [0.25, 0.3) is 0 Å². The maximum Gasteiger partial charge on any atom is 0.0966 e. The SMILES string of the molecule is CC(C)CNCOCCO. The molecule has 3 nitrogen and oxygen atoms in total. The molecule has 0 aromatic heterocycles. The van der Waals surface area contributed by atoms with Crippen LogP contribution in [0.25, 0.3) is 0 Å². The van der Waals surface area contributed by atoms with Crippen LogP contribution in [0.1, 0.15) is 13.8 Å². The van der Waals surface area contributed by atoms with Gasteiger partial charge >= 0.3 is 0 Å². The fourth-order valence-electron chi connectivity index (χ4n) is 0.556. The first-order valence-corrected chi connectivity index (χ1v) is 3.66. The Morgan fingerprint density at radius 1 is 1.50 bits per heavy atom. The summed E-state index contributed by atoms with van der Waals surface area (Å²) in [5, 5.41) is 11.4. The van der Waals surface area contributed by atoms with Crippen molar-refractivity contribution >= 4 is 0 Å². The lowest BCUT2D eigenvalue weighted by Gasteiger charge is -2.06. The number of ether oxygens (including phenoxy) is 1. The van der Waals surface area contributed by atoms with E-state index in [1.165, 1.54) is 0 Å². The van der Waals surface area contributed by atoms with Crippen LogP contribution in [0.4, 0.5) is 0 Å². The molecule has 0 unspecified atom stereocenters.